The van der Waals surface area contributed by atoms with Gasteiger partial charge in [-0.05, 0) is 37.1 Å². The summed E-state index contributed by atoms with van der Waals surface area (Å²) in [5.74, 6) is 0.602. The minimum atomic E-state index is -0.314. The fourth-order valence-electron chi connectivity index (χ4n) is 2.47. The van der Waals surface area contributed by atoms with Gasteiger partial charge in [-0.25, -0.2) is 0 Å². The van der Waals surface area contributed by atoms with Crippen LogP contribution in [0.2, 0.25) is 5.02 Å². The predicted molar refractivity (Wildman–Crippen MR) is 99.4 cm³/mol. The lowest BCUT2D eigenvalue weighted by molar-refractivity contribution is -0.130. The first-order valence-corrected chi connectivity index (χ1v) is 8.91. The Balaban J connectivity index is 2.31. The summed E-state index contributed by atoms with van der Waals surface area (Å²) in [6.07, 6.45) is 2.33. The third kappa shape index (κ3) is 4.90. The number of morpholine rings is 1. The average Bonchev–Trinajstić information content (AvgIpc) is 2.67. The van der Waals surface area contributed by atoms with E-state index in [9.17, 15) is 10.1 Å². The number of amides is 1. The zero-order valence-corrected chi connectivity index (χ0v) is 16.0. The molecule has 0 aromatic heterocycles. The van der Waals surface area contributed by atoms with Crippen molar-refractivity contribution in [2.75, 3.05) is 33.4 Å². The van der Waals surface area contributed by atoms with Gasteiger partial charge in [0.15, 0.2) is 11.5 Å². The first-order chi connectivity index (χ1) is 12.5. The number of methoxy groups -OCH3 is 1. The quantitative estimate of drug-likeness (QED) is 0.561. The third-order valence-corrected chi connectivity index (χ3v) is 4.39. The van der Waals surface area contributed by atoms with Crippen molar-refractivity contribution in [1.29, 1.82) is 5.26 Å². The van der Waals surface area contributed by atoms with E-state index >= 15 is 0 Å². The van der Waals surface area contributed by atoms with Gasteiger partial charge in [-0.1, -0.05) is 18.5 Å². The molecule has 1 amide bonds. The van der Waals surface area contributed by atoms with Gasteiger partial charge in [-0.15, -0.1) is 0 Å². The van der Waals surface area contributed by atoms with E-state index in [1.54, 1.807) is 17.0 Å². The molecule has 26 heavy (non-hydrogen) atoms. The molecule has 1 fully saturated rings. The molecular formula is C19H23ClN2O4. The van der Waals surface area contributed by atoms with Crippen LogP contribution in [-0.4, -0.2) is 50.3 Å². The highest BCUT2D eigenvalue weighted by molar-refractivity contribution is 6.32. The smallest absolute Gasteiger partial charge is 0.264 e. The summed E-state index contributed by atoms with van der Waals surface area (Å²) in [5.41, 5.74) is 0.641. The van der Waals surface area contributed by atoms with Crippen molar-refractivity contribution in [3.63, 3.8) is 0 Å². The summed E-state index contributed by atoms with van der Waals surface area (Å²) in [7, 11) is 1.52. The van der Waals surface area contributed by atoms with Crippen molar-refractivity contribution < 1.29 is 19.0 Å². The molecule has 0 saturated carbocycles. The van der Waals surface area contributed by atoms with Gasteiger partial charge in [0.2, 0.25) is 0 Å². The summed E-state index contributed by atoms with van der Waals surface area (Å²) < 4.78 is 16.4. The Morgan fingerprint density at radius 1 is 1.46 bits per heavy atom. The Morgan fingerprint density at radius 3 is 2.73 bits per heavy atom. The van der Waals surface area contributed by atoms with Gasteiger partial charge in [0, 0.05) is 13.1 Å². The van der Waals surface area contributed by atoms with Crippen LogP contribution in [0.5, 0.6) is 11.5 Å². The summed E-state index contributed by atoms with van der Waals surface area (Å²) >= 11 is 6.34. The maximum atomic E-state index is 12.5. The van der Waals surface area contributed by atoms with Crippen LogP contribution in [0.3, 0.4) is 0 Å². The molecule has 1 aromatic rings. The van der Waals surface area contributed by atoms with Crippen LogP contribution in [-0.2, 0) is 9.53 Å². The Labute approximate surface area is 158 Å². The summed E-state index contributed by atoms with van der Waals surface area (Å²) in [4.78, 5) is 14.1. The van der Waals surface area contributed by atoms with Crippen LogP contribution < -0.4 is 9.47 Å². The molecule has 1 heterocycles. The number of hydrogen-bond donors (Lipinski definition) is 0. The SMILES string of the molecule is CC[C@@H](C)Oc1c(Cl)cc(/C=C(/C#N)C(=O)N2CCOCC2)cc1OC. The van der Waals surface area contributed by atoms with E-state index in [1.807, 2.05) is 19.9 Å². The molecule has 7 heteroatoms. The molecule has 0 radical (unpaired) electrons. The first-order valence-electron chi connectivity index (χ1n) is 8.53. The molecule has 0 unspecified atom stereocenters. The first kappa shape index (κ1) is 20.1. The maximum Gasteiger partial charge on any atom is 0.264 e. The molecule has 2 rings (SSSR count). The molecule has 0 bridgehead atoms. The van der Waals surface area contributed by atoms with Gasteiger partial charge in [-0.3, -0.25) is 4.79 Å². The Hall–Kier alpha value is -2.23. The highest BCUT2D eigenvalue weighted by Crippen LogP contribution is 2.38. The van der Waals surface area contributed by atoms with Crippen LogP contribution in [0, 0.1) is 11.3 Å². The number of halogens is 1. The molecule has 1 saturated heterocycles. The molecule has 1 aliphatic heterocycles. The van der Waals surface area contributed by atoms with Crippen molar-refractivity contribution in [2.24, 2.45) is 0 Å². The van der Waals surface area contributed by atoms with Crippen LogP contribution in [0.1, 0.15) is 25.8 Å². The van der Waals surface area contributed by atoms with E-state index in [-0.39, 0.29) is 17.6 Å². The van der Waals surface area contributed by atoms with Crippen LogP contribution in [0.25, 0.3) is 6.08 Å². The lowest BCUT2D eigenvalue weighted by atomic mass is 10.1. The standard InChI is InChI=1S/C19H23ClN2O4/c1-4-13(2)26-18-16(20)10-14(11-17(18)24-3)9-15(12-21)19(23)22-5-7-25-8-6-22/h9-11,13H,4-8H2,1-3H3/b15-9-/t13-/m1/s1. The number of rotatable bonds is 6. The van der Waals surface area contributed by atoms with Crippen molar-refractivity contribution in [1.82, 2.24) is 4.90 Å². The second kappa shape index (κ2) is 9.46. The van der Waals surface area contributed by atoms with E-state index in [2.05, 4.69) is 0 Å². The van der Waals surface area contributed by atoms with E-state index in [0.29, 0.717) is 48.4 Å². The second-order valence-corrected chi connectivity index (χ2v) is 6.35. The van der Waals surface area contributed by atoms with Crippen LogP contribution in [0.15, 0.2) is 17.7 Å². The van der Waals surface area contributed by atoms with E-state index in [4.69, 9.17) is 25.8 Å². The number of carbonyl (C=O) groups excluding carboxylic acids is 1. The molecule has 1 aliphatic rings. The fourth-order valence-corrected chi connectivity index (χ4v) is 2.73. The normalized spacial score (nSPS) is 16.0. The van der Waals surface area contributed by atoms with Gasteiger partial charge >= 0.3 is 0 Å². The molecule has 0 aliphatic carbocycles. The number of nitriles is 1. The van der Waals surface area contributed by atoms with Crippen molar-refractivity contribution in [3.8, 4) is 17.6 Å². The molecule has 140 valence electrons. The number of carbonyl (C=O) groups is 1. The highest BCUT2D eigenvalue weighted by Gasteiger charge is 2.21. The lowest BCUT2D eigenvalue weighted by Crippen LogP contribution is -2.41. The number of benzene rings is 1. The maximum absolute atomic E-state index is 12.5. The Morgan fingerprint density at radius 2 is 2.15 bits per heavy atom. The third-order valence-electron chi connectivity index (χ3n) is 4.11. The number of hydrogen-bond acceptors (Lipinski definition) is 5. The average molecular weight is 379 g/mol. The second-order valence-electron chi connectivity index (χ2n) is 5.95. The van der Waals surface area contributed by atoms with Crippen LogP contribution in [0.4, 0.5) is 0 Å². The van der Waals surface area contributed by atoms with Crippen molar-refractivity contribution in [3.05, 3.63) is 28.3 Å². The minimum absolute atomic E-state index is 0.0136. The largest absolute Gasteiger partial charge is 0.493 e. The van der Waals surface area contributed by atoms with Crippen LogP contribution >= 0.6 is 11.6 Å². The molecule has 1 atom stereocenters. The monoisotopic (exact) mass is 378 g/mol. The van der Waals surface area contributed by atoms with E-state index in [0.717, 1.165) is 6.42 Å². The van der Waals surface area contributed by atoms with Gasteiger partial charge in [0.1, 0.15) is 11.6 Å². The van der Waals surface area contributed by atoms with E-state index in [1.165, 1.54) is 13.2 Å². The van der Waals surface area contributed by atoms with Crippen molar-refractivity contribution in [2.45, 2.75) is 26.4 Å². The summed E-state index contributed by atoms with van der Waals surface area (Å²) in [5, 5.41) is 9.77. The molecule has 6 nitrogen and oxygen atoms in total. The van der Waals surface area contributed by atoms with Gasteiger partial charge in [0.05, 0.1) is 31.5 Å². The van der Waals surface area contributed by atoms with Gasteiger partial charge in [0.25, 0.3) is 5.91 Å². The molecular weight excluding hydrogens is 356 g/mol. The predicted octanol–water partition coefficient (Wildman–Crippen LogP) is 3.29. The Kier molecular flexibility index (Phi) is 7.31. The topological polar surface area (TPSA) is 71.8 Å². The fraction of sp³-hybridized carbons (Fsp3) is 0.474. The summed E-state index contributed by atoms with van der Waals surface area (Å²) in [6, 6.07) is 5.33. The zero-order chi connectivity index (χ0) is 19.1. The van der Waals surface area contributed by atoms with Crippen molar-refractivity contribution >= 4 is 23.6 Å². The Bertz CT molecular complexity index is 721. The lowest BCUT2D eigenvalue weighted by Gasteiger charge is -2.26. The van der Waals surface area contributed by atoms with E-state index < -0.39 is 0 Å². The summed E-state index contributed by atoms with van der Waals surface area (Å²) in [6.45, 7) is 5.86. The highest BCUT2D eigenvalue weighted by atomic mass is 35.5. The number of ether oxygens (including phenoxy) is 3. The zero-order valence-electron chi connectivity index (χ0n) is 15.3. The molecule has 0 spiro atoms. The minimum Gasteiger partial charge on any atom is -0.493 e. The molecule has 0 N–H and O–H groups in total. The molecule has 1 aromatic carbocycles. The van der Waals surface area contributed by atoms with Gasteiger partial charge < -0.3 is 19.1 Å². The van der Waals surface area contributed by atoms with Gasteiger partial charge in [-0.2, -0.15) is 5.26 Å². The number of nitrogens with zero attached hydrogens (tertiary/aromatic N) is 2.